The molecule has 0 radical (unpaired) electrons. The van der Waals surface area contributed by atoms with E-state index < -0.39 is 0 Å². The summed E-state index contributed by atoms with van der Waals surface area (Å²) in [5, 5.41) is 2.90. The number of likely N-dealkylation sites (tertiary alicyclic amines) is 1. The number of carbonyl (C=O) groups excluding carboxylic acids is 2. The van der Waals surface area contributed by atoms with Gasteiger partial charge in [-0.05, 0) is 18.8 Å². The highest BCUT2D eigenvalue weighted by atomic mass is 16.5. The van der Waals surface area contributed by atoms with E-state index in [1.807, 2.05) is 11.8 Å². The van der Waals surface area contributed by atoms with Crippen LogP contribution in [0.4, 0.5) is 0 Å². The zero-order valence-electron chi connectivity index (χ0n) is 14.2. The maximum absolute atomic E-state index is 12.3. The van der Waals surface area contributed by atoms with Gasteiger partial charge >= 0.3 is 0 Å². The summed E-state index contributed by atoms with van der Waals surface area (Å²) < 4.78 is 5.66. The van der Waals surface area contributed by atoms with Gasteiger partial charge in [-0.25, -0.2) is 0 Å². The van der Waals surface area contributed by atoms with Crippen LogP contribution < -0.4 is 5.32 Å². The molecule has 1 aromatic heterocycles. The molecule has 3 rings (SSSR count). The van der Waals surface area contributed by atoms with Crippen LogP contribution in [0.15, 0.2) is 12.4 Å². The predicted octanol–water partition coefficient (Wildman–Crippen LogP) is 0.532. The van der Waals surface area contributed by atoms with E-state index in [-0.39, 0.29) is 17.7 Å². The summed E-state index contributed by atoms with van der Waals surface area (Å²) in [6.07, 6.45) is 3.79. The van der Waals surface area contributed by atoms with Crippen molar-refractivity contribution in [2.45, 2.75) is 26.8 Å². The summed E-state index contributed by atoms with van der Waals surface area (Å²) in [6.45, 7) is 6.62. The standard InChI is InChI=1S/C17H24N4O3/c1-11-4-19-15(5-18-11)6-20-17(23)3-13-9-24-10-14-7-21(12(2)22)8-16(13)14/h4-5,13-14,16H,3,6-10H2,1-2H3,(H,20,23)/t13-,14-,16+/m1/s1. The lowest BCUT2D eigenvalue weighted by atomic mass is 9.81. The van der Waals surface area contributed by atoms with E-state index in [9.17, 15) is 9.59 Å². The fraction of sp³-hybridized carbons (Fsp3) is 0.647. The first-order valence-corrected chi connectivity index (χ1v) is 8.40. The summed E-state index contributed by atoms with van der Waals surface area (Å²) in [5.41, 5.74) is 1.60. The topological polar surface area (TPSA) is 84.4 Å². The first-order valence-electron chi connectivity index (χ1n) is 8.40. The molecule has 7 nitrogen and oxygen atoms in total. The van der Waals surface area contributed by atoms with Gasteiger partial charge in [-0.2, -0.15) is 0 Å². The van der Waals surface area contributed by atoms with Gasteiger partial charge in [-0.3, -0.25) is 19.6 Å². The predicted molar refractivity (Wildman–Crippen MR) is 86.8 cm³/mol. The first kappa shape index (κ1) is 16.8. The summed E-state index contributed by atoms with van der Waals surface area (Å²) in [7, 11) is 0. The van der Waals surface area contributed by atoms with Crippen molar-refractivity contribution < 1.29 is 14.3 Å². The third-order valence-corrected chi connectivity index (χ3v) is 4.95. The lowest BCUT2D eigenvalue weighted by Gasteiger charge is -2.32. The number of hydrogen-bond acceptors (Lipinski definition) is 5. The van der Waals surface area contributed by atoms with Crippen LogP contribution in [0.3, 0.4) is 0 Å². The Kier molecular flexibility index (Phi) is 5.08. The Balaban J connectivity index is 1.52. The Morgan fingerprint density at radius 1 is 1.29 bits per heavy atom. The lowest BCUT2D eigenvalue weighted by molar-refractivity contribution is -0.128. The molecule has 7 heteroatoms. The number of nitrogens with one attached hydrogen (secondary N) is 1. The average molecular weight is 332 g/mol. The number of rotatable bonds is 4. The van der Waals surface area contributed by atoms with Gasteiger partial charge in [0.1, 0.15) is 0 Å². The summed E-state index contributed by atoms with van der Waals surface area (Å²) >= 11 is 0. The molecule has 0 aliphatic carbocycles. The number of amides is 2. The minimum Gasteiger partial charge on any atom is -0.381 e. The van der Waals surface area contributed by atoms with Crippen LogP contribution >= 0.6 is 0 Å². The van der Waals surface area contributed by atoms with Crippen LogP contribution in [-0.4, -0.2) is 53.0 Å². The van der Waals surface area contributed by atoms with E-state index in [0.29, 0.717) is 38.0 Å². The first-order chi connectivity index (χ1) is 11.5. The van der Waals surface area contributed by atoms with Crippen molar-refractivity contribution in [2.24, 2.45) is 17.8 Å². The summed E-state index contributed by atoms with van der Waals surface area (Å²) in [5.74, 6) is 0.964. The minimum absolute atomic E-state index is 0.00657. The Morgan fingerprint density at radius 2 is 2.12 bits per heavy atom. The van der Waals surface area contributed by atoms with Crippen molar-refractivity contribution in [1.29, 1.82) is 0 Å². The molecule has 0 saturated carbocycles. The zero-order chi connectivity index (χ0) is 17.1. The number of ether oxygens (including phenoxy) is 1. The van der Waals surface area contributed by atoms with Gasteiger partial charge in [0.15, 0.2) is 0 Å². The van der Waals surface area contributed by atoms with Gasteiger partial charge < -0.3 is 15.0 Å². The quantitative estimate of drug-likeness (QED) is 0.869. The van der Waals surface area contributed by atoms with Gasteiger partial charge in [0.25, 0.3) is 0 Å². The van der Waals surface area contributed by atoms with E-state index in [0.717, 1.165) is 24.5 Å². The summed E-state index contributed by atoms with van der Waals surface area (Å²) in [6, 6.07) is 0. The fourth-order valence-electron chi connectivity index (χ4n) is 3.58. The molecule has 0 spiro atoms. The highest BCUT2D eigenvalue weighted by Crippen LogP contribution is 2.35. The molecule has 24 heavy (non-hydrogen) atoms. The Morgan fingerprint density at radius 3 is 2.83 bits per heavy atom. The number of fused-ring (bicyclic) bond motifs is 1. The second-order valence-electron chi connectivity index (χ2n) is 6.78. The second kappa shape index (κ2) is 7.25. The van der Waals surface area contributed by atoms with Gasteiger partial charge in [-0.1, -0.05) is 0 Å². The van der Waals surface area contributed by atoms with Crippen LogP contribution in [0.2, 0.25) is 0 Å². The molecule has 1 aromatic rings. The molecule has 1 N–H and O–H groups in total. The van der Waals surface area contributed by atoms with Crippen molar-refractivity contribution >= 4 is 11.8 Å². The van der Waals surface area contributed by atoms with Gasteiger partial charge in [0.05, 0.1) is 37.3 Å². The molecule has 2 amide bonds. The van der Waals surface area contributed by atoms with Crippen LogP contribution in [0.25, 0.3) is 0 Å². The Hall–Kier alpha value is -2.02. The van der Waals surface area contributed by atoms with Crippen LogP contribution in [0.1, 0.15) is 24.7 Å². The van der Waals surface area contributed by atoms with E-state index in [2.05, 4.69) is 15.3 Å². The van der Waals surface area contributed by atoms with Crippen molar-refractivity contribution in [3.8, 4) is 0 Å². The molecule has 2 saturated heterocycles. The van der Waals surface area contributed by atoms with Crippen LogP contribution in [0.5, 0.6) is 0 Å². The third kappa shape index (κ3) is 3.90. The normalized spacial score (nSPS) is 26.1. The highest BCUT2D eigenvalue weighted by molar-refractivity contribution is 5.76. The maximum Gasteiger partial charge on any atom is 0.220 e. The van der Waals surface area contributed by atoms with E-state index >= 15 is 0 Å². The van der Waals surface area contributed by atoms with E-state index in [4.69, 9.17) is 4.74 Å². The number of nitrogens with zero attached hydrogens (tertiary/aromatic N) is 3. The molecular formula is C17H24N4O3. The number of hydrogen-bond donors (Lipinski definition) is 1. The molecule has 0 bridgehead atoms. The molecule has 3 heterocycles. The van der Waals surface area contributed by atoms with Crippen molar-refractivity contribution in [1.82, 2.24) is 20.2 Å². The molecule has 0 aromatic carbocycles. The van der Waals surface area contributed by atoms with Crippen molar-refractivity contribution in [2.75, 3.05) is 26.3 Å². The molecule has 130 valence electrons. The molecule has 0 unspecified atom stereocenters. The molecule has 2 aliphatic heterocycles. The maximum atomic E-state index is 12.3. The monoisotopic (exact) mass is 332 g/mol. The number of carbonyl (C=O) groups is 2. The highest BCUT2D eigenvalue weighted by Gasteiger charge is 2.42. The van der Waals surface area contributed by atoms with Gasteiger partial charge in [-0.15, -0.1) is 0 Å². The minimum atomic E-state index is -0.00657. The van der Waals surface area contributed by atoms with E-state index in [1.54, 1.807) is 19.3 Å². The molecule has 2 aliphatic rings. The molecule has 3 atom stereocenters. The Bertz CT molecular complexity index is 604. The second-order valence-corrected chi connectivity index (χ2v) is 6.78. The van der Waals surface area contributed by atoms with Gasteiger partial charge in [0, 0.05) is 38.5 Å². The molecule has 2 fully saturated rings. The SMILES string of the molecule is CC(=O)N1C[C@@H]2COC[C@@H](CC(=O)NCc3cnc(C)cn3)[C@@H]2C1. The number of aromatic nitrogens is 2. The fourth-order valence-corrected chi connectivity index (χ4v) is 3.58. The lowest BCUT2D eigenvalue weighted by Crippen LogP contribution is -2.38. The van der Waals surface area contributed by atoms with Crippen LogP contribution in [0, 0.1) is 24.7 Å². The molecular weight excluding hydrogens is 308 g/mol. The zero-order valence-corrected chi connectivity index (χ0v) is 14.2. The number of aryl methyl sites for hydroxylation is 1. The van der Waals surface area contributed by atoms with Crippen molar-refractivity contribution in [3.63, 3.8) is 0 Å². The average Bonchev–Trinajstić information content (AvgIpc) is 3.00. The van der Waals surface area contributed by atoms with E-state index in [1.165, 1.54) is 0 Å². The Labute approximate surface area is 141 Å². The summed E-state index contributed by atoms with van der Waals surface area (Å²) in [4.78, 5) is 34.1. The third-order valence-electron chi connectivity index (χ3n) is 4.95. The van der Waals surface area contributed by atoms with Crippen molar-refractivity contribution in [3.05, 3.63) is 23.8 Å². The largest absolute Gasteiger partial charge is 0.381 e. The smallest absolute Gasteiger partial charge is 0.220 e. The van der Waals surface area contributed by atoms with Crippen LogP contribution in [-0.2, 0) is 20.9 Å². The van der Waals surface area contributed by atoms with Gasteiger partial charge in [0.2, 0.25) is 11.8 Å².